The van der Waals surface area contributed by atoms with Crippen molar-refractivity contribution in [1.29, 1.82) is 0 Å². The van der Waals surface area contributed by atoms with Crippen LogP contribution in [-0.2, 0) is 9.53 Å². The summed E-state index contributed by atoms with van der Waals surface area (Å²) in [6.07, 6.45) is 0.541. The lowest BCUT2D eigenvalue weighted by Crippen LogP contribution is -2.35. The standard InChI is InChI=1S/C18H19NO2/c1-13(14-8-4-2-5-9-14)19-16-12-17(21-18(16)20)15-10-6-3-7-11-15/h2-11,13,16-17,19H,12H2,1H3/t13-,16-,17-/m0/s1. The van der Waals surface area contributed by atoms with E-state index in [4.69, 9.17) is 4.74 Å². The van der Waals surface area contributed by atoms with Gasteiger partial charge in [0.2, 0.25) is 0 Å². The van der Waals surface area contributed by atoms with Gasteiger partial charge >= 0.3 is 5.97 Å². The Bertz CT molecular complexity index is 597. The number of ether oxygens (including phenoxy) is 1. The second kappa shape index (κ2) is 6.10. The Labute approximate surface area is 124 Å². The first-order valence-corrected chi connectivity index (χ1v) is 7.30. The number of esters is 1. The monoisotopic (exact) mass is 281 g/mol. The maximum Gasteiger partial charge on any atom is 0.323 e. The van der Waals surface area contributed by atoms with E-state index >= 15 is 0 Å². The van der Waals surface area contributed by atoms with Gasteiger partial charge in [-0.25, -0.2) is 0 Å². The number of cyclic esters (lactones) is 1. The van der Waals surface area contributed by atoms with Gasteiger partial charge in [-0.2, -0.15) is 0 Å². The van der Waals surface area contributed by atoms with Crippen molar-refractivity contribution in [1.82, 2.24) is 5.32 Å². The molecule has 0 saturated carbocycles. The third kappa shape index (κ3) is 3.14. The molecule has 2 aromatic carbocycles. The SMILES string of the molecule is C[C@H](N[C@H]1C[C@@H](c2ccccc2)OC1=O)c1ccccc1. The fourth-order valence-corrected chi connectivity index (χ4v) is 2.73. The van der Waals surface area contributed by atoms with Gasteiger partial charge in [0.25, 0.3) is 0 Å². The summed E-state index contributed by atoms with van der Waals surface area (Å²) in [7, 11) is 0. The molecular weight excluding hydrogens is 262 g/mol. The molecule has 108 valence electrons. The van der Waals surface area contributed by atoms with Crippen LogP contribution >= 0.6 is 0 Å². The maximum atomic E-state index is 12.0. The van der Waals surface area contributed by atoms with Crippen LogP contribution < -0.4 is 5.32 Å². The molecule has 0 spiro atoms. The van der Waals surface area contributed by atoms with Gasteiger partial charge in [0.05, 0.1) is 0 Å². The van der Waals surface area contributed by atoms with E-state index in [0.717, 1.165) is 5.56 Å². The number of benzene rings is 2. The molecular formula is C18H19NO2. The Hall–Kier alpha value is -2.13. The third-order valence-electron chi connectivity index (χ3n) is 3.91. The van der Waals surface area contributed by atoms with Gasteiger partial charge in [0.15, 0.2) is 0 Å². The minimum atomic E-state index is -0.245. The number of hydrogen-bond donors (Lipinski definition) is 1. The van der Waals surface area contributed by atoms with Gasteiger partial charge in [-0.15, -0.1) is 0 Å². The highest BCUT2D eigenvalue weighted by molar-refractivity contribution is 5.78. The first-order valence-electron chi connectivity index (χ1n) is 7.30. The highest BCUT2D eigenvalue weighted by atomic mass is 16.6. The van der Waals surface area contributed by atoms with E-state index in [9.17, 15) is 4.79 Å². The smallest absolute Gasteiger partial charge is 0.323 e. The molecule has 1 aliphatic heterocycles. The summed E-state index contributed by atoms with van der Waals surface area (Å²) in [4.78, 5) is 12.0. The molecule has 3 heteroatoms. The van der Waals surface area contributed by atoms with Crippen molar-refractivity contribution < 1.29 is 9.53 Å². The van der Waals surface area contributed by atoms with E-state index in [1.54, 1.807) is 0 Å². The zero-order valence-corrected chi connectivity index (χ0v) is 12.0. The third-order valence-corrected chi connectivity index (χ3v) is 3.91. The minimum absolute atomic E-state index is 0.123. The summed E-state index contributed by atoms with van der Waals surface area (Å²) in [5, 5.41) is 3.37. The lowest BCUT2D eigenvalue weighted by atomic mass is 10.0. The van der Waals surface area contributed by atoms with E-state index in [-0.39, 0.29) is 24.2 Å². The average Bonchev–Trinajstić information content (AvgIpc) is 2.90. The lowest BCUT2D eigenvalue weighted by molar-refractivity contribution is -0.143. The summed E-state index contributed by atoms with van der Waals surface area (Å²) in [6, 6.07) is 19.9. The second-order valence-corrected chi connectivity index (χ2v) is 5.42. The molecule has 21 heavy (non-hydrogen) atoms. The van der Waals surface area contributed by atoms with Crippen LogP contribution in [0.3, 0.4) is 0 Å². The fourth-order valence-electron chi connectivity index (χ4n) is 2.73. The molecule has 3 nitrogen and oxygen atoms in total. The van der Waals surface area contributed by atoms with Crippen molar-refractivity contribution in [2.45, 2.75) is 31.5 Å². The normalized spacial score (nSPS) is 22.8. The predicted molar refractivity (Wildman–Crippen MR) is 81.7 cm³/mol. The number of rotatable bonds is 4. The van der Waals surface area contributed by atoms with E-state index < -0.39 is 0 Å². The highest BCUT2D eigenvalue weighted by Gasteiger charge is 2.35. The van der Waals surface area contributed by atoms with Gasteiger partial charge in [-0.1, -0.05) is 60.7 Å². The average molecular weight is 281 g/mol. The summed E-state index contributed by atoms with van der Waals surface area (Å²) < 4.78 is 5.50. The number of nitrogens with one attached hydrogen (secondary N) is 1. The van der Waals surface area contributed by atoms with Crippen LogP contribution in [0.1, 0.15) is 36.6 Å². The largest absolute Gasteiger partial charge is 0.456 e. The molecule has 0 amide bonds. The molecule has 2 aromatic rings. The quantitative estimate of drug-likeness (QED) is 0.873. The number of hydrogen-bond acceptors (Lipinski definition) is 3. The summed E-state index contributed by atoms with van der Waals surface area (Å²) in [6.45, 7) is 2.07. The molecule has 0 bridgehead atoms. The van der Waals surface area contributed by atoms with Crippen molar-refractivity contribution in [3.63, 3.8) is 0 Å². The molecule has 1 aliphatic rings. The highest BCUT2D eigenvalue weighted by Crippen LogP contribution is 2.30. The van der Waals surface area contributed by atoms with Gasteiger partial charge in [0.1, 0.15) is 12.1 Å². The minimum Gasteiger partial charge on any atom is -0.456 e. The molecule has 0 aliphatic carbocycles. The Morgan fingerprint density at radius 2 is 1.67 bits per heavy atom. The summed E-state index contributed by atoms with van der Waals surface area (Å²) in [5.41, 5.74) is 2.23. The van der Waals surface area contributed by atoms with Gasteiger partial charge in [-0.05, 0) is 18.1 Å². The zero-order valence-electron chi connectivity index (χ0n) is 12.0. The van der Waals surface area contributed by atoms with Crippen molar-refractivity contribution in [2.75, 3.05) is 0 Å². The molecule has 0 unspecified atom stereocenters. The molecule has 1 heterocycles. The Morgan fingerprint density at radius 1 is 1.05 bits per heavy atom. The first kappa shape index (κ1) is 13.8. The van der Waals surface area contributed by atoms with Crippen LogP contribution in [0.2, 0.25) is 0 Å². The van der Waals surface area contributed by atoms with Gasteiger partial charge in [-0.3, -0.25) is 10.1 Å². The van der Waals surface area contributed by atoms with Crippen molar-refractivity contribution in [3.05, 3.63) is 71.8 Å². The van der Waals surface area contributed by atoms with Gasteiger partial charge in [0, 0.05) is 12.5 Å². The number of carbonyl (C=O) groups is 1. The molecule has 3 atom stereocenters. The maximum absolute atomic E-state index is 12.0. The van der Waals surface area contributed by atoms with E-state index in [1.165, 1.54) is 5.56 Å². The van der Waals surface area contributed by atoms with Crippen LogP contribution in [0.15, 0.2) is 60.7 Å². The van der Waals surface area contributed by atoms with Crippen LogP contribution in [-0.4, -0.2) is 12.0 Å². The number of carbonyl (C=O) groups excluding carboxylic acids is 1. The van der Waals surface area contributed by atoms with Crippen molar-refractivity contribution in [3.8, 4) is 0 Å². The molecule has 1 N–H and O–H groups in total. The Kier molecular flexibility index (Phi) is 4.02. The van der Waals surface area contributed by atoms with E-state index in [2.05, 4.69) is 24.4 Å². The van der Waals surface area contributed by atoms with Crippen LogP contribution in [0, 0.1) is 0 Å². The Morgan fingerprint density at radius 3 is 2.33 bits per heavy atom. The topological polar surface area (TPSA) is 38.3 Å². The van der Waals surface area contributed by atoms with E-state index in [0.29, 0.717) is 6.42 Å². The molecule has 0 radical (unpaired) electrons. The van der Waals surface area contributed by atoms with Gasteiger partial charge < -0.3 is 4.74 Å². The van der Waals surface area contributed by atoms with Crippen LogP contribution in [0.4, 0.5) is 0 Å². The Balaban J connectivity index is 1.66. The van der Waals surface area contributed by atoms with Crippen LogP contribution in [0.5, 0.6) is 0 Å². The lowest BCUT2D eigenvalue weighted by Gasteiger charge is -2.17. The summed E-state index contributed by atoms with van der Waals surface area (Å²) >= 11 is 0. The second-order valence-electron chi connectivity index (χ2n) is 5.42. The van der Waals surface area contributed by atoms with Crippen molar-refractivity contribution in [2.24, 2.45) is 0 Å². The predicted octanol–water partition coefficient (Wildman–Crippen LogP) is 3.39. The molecule has 0 aromatic heterocycles. The van der Waals surface area contributed by atoms with Crippen LogP contribution in [0.25, 0.3) is 0 Å². The zero-order chi connectivity index (χ0) is 14.7. The summed E-state index contributed by atoms with van der Waals surface area (Å²) in [5.74, 6) is -0.161. The fraction of sp³-hybridized carbons (Fsp3) is 0.278. The molecule has 1 saturated heterocycles. The van der Waals surface area contributed by atoms with Crippen molar-refractivity contribution >= 4 is 5.97 Å². The van der Waals surface area contributed by atoms with E-state index in [1.807, 2.05) is 48.5 Å². The molecule has 1 fully saturated rings. The first-order chi connectivity index (χ1) is 10.2. The molecule has 3 rings (SSSR count).